The Hall–Kier alpha value is -0.420. The zero-order valence-electron chi connectivity index (χ0n) is 6.13. The molecule has 0 atom stereocenters. The molecule has 7 heteroatoms. The highest BCUT2D eigenvalue weighted by molar-refractivity contribution is 7.45. The van der Waals surface area contributed by atoms with Crippen LogP contribution < -0.4 is 0 Å². The highest BCUT2D eigenvalue weighted by atomic mass is 31.2. The van der Waals surface area contributed by atoms with Crippen LogP contribution in [0.1, 0.15) is 13.8 Å². The molecule has 0 aliphatic rings. The molecule has 0 spiro atoms. The molecule has 0 aromatic rings. The summed E-state index contributed by atoms with van der Waals surface area (Å²) in [4.78, 5) is 31.3. The number of rotatable bonds is 1. The van der Waals surface area contributed by atoms with Crippen LogP contribution in [0.2, 0.25) is 0 Å². The van der Waals surface area contributed by atoms with Crippen LogP contribution in [0.4, 0.5) is 0 Å². The number of aliphatic carboxylic acids is 1. The third-order valence-electron chi connectivity index (χ3n) is 0.494. The molecular weight excluding hydrogens is 175 g/mol. The summed E-state index contributed by atoms with van der Waals surface area (Å²) in [5, 5.41) is 7.99. The lowest BCUT2D eigenvalue weighted by molar-refractivity contribution is -0.140. The van der Waals surface area contributed by atoms with E-state index in [2.05, 4.69) is 0 Å². The van der Waals surface area contributed by atoms with Gasteiger partial charge in [0.05, 0.1) is 5.92 Å². The van der Waals surface area contributed by atoms with Crippen LogP contribution in [-0.2, 0) is 9.36 Å². The molecule has 0 aliphatic carbocycles. The molecule has 0 aliphatic heterocycles. The second kappa shape index (κ2) is 5.26. The summed E-state index contributed by atoms with van der Waals surface area (Å²) < 4.78 is 8.88. The summed E-state index contributed by atoms with van der Waals surface area (Å²) in [6, 6.07) is 0. The first-order valence-electron chi connectivity index (χ1n) is 2.65. The van der Waals surface area contributed by atoms with Crippen molar-refractivity contribution in [1.82, 2.24) is 0 Å². The number of carbonyl (C=O) groups is 1. The fourth-order valence-electron chi connectivity index (χ4n) is 0. The Bertz CT molecular complexity index is 150. The Balaban J connectivity index is 0. The van der Waals surface area contributed by atoms with Crippen LogP contribution in [0.5, 0.6) is 0 Å². The third kappa shape index (κ3) is 42.9. The molecule has 0 rings (SSSR count). The first-order valence-corrected chi connectivity index (χ1v) is 4.22. The van der Waals surface area contributed by atoms with Crippen molar-refractivity contribution in [3.05, 3.63) is 0 Å². The van der Waals surface area contributed by atoms with Crippen LogP contribution in [0.3, 0.4) is 0 Å². The summed E-state index contributed by atoms with van der Waals surface area (Å²) in [5.41, 5.74) is 0. The molecule has 0 fully saturated rings. The largest absolute Gasteiger partial charge is 0.481 e. The van der Waals surface area contributed by atoms with Gasteiger partial charge in [-0.1, -0.05) is 13.8 Å². The quantitative estimate of drug-likeness (QED) is 0.421. The average molecular weight is 186 g/mol. The maximum absolute atomic E-state index is 9.70. The van der Waals surface area contributed by atoms with E-state index in [1.165, 1.54) is 0 Å². The van der Waals surface area contributed by atoms with Crippen molar-refractivity contribution in [2.75, 3.05) is 0 Å². The van der Waals surface area contributed by atoms with Crippen molar-refractivity contribution in [2.45, 2.75) is 13.8 Å². The third-order valence-corrected chi connectivity index (χ3v) is 0.494. The Labute approximate surface area is 63.7 Å². The lowest BCUT2D eigenvalue weighted by Crippen LogP contribution is -2.03. The van der Waals surface area contributed by atoms with Crippen molar-refractivity contribution in [3.63, 3.8) is 0 Å². The van der Waals surface area contributed by atoms with Gasteiger partial charge in [-0.15, -0.1) is 0 Å². The topological polar surface area (TPSA) is 115 Å². The summed E-state index contributed by atoms with van der Waals surface area (Å²) in [6.45, 7) is 3.28. The second-order valence-electron chi connectivity index (χ2n) is 2.01. The molecule has 0 aromatic heterocycles. The number of hydrogen-bond acceptors (Lipinski definition) is 2. The fourth-order valence-corrected chi connectivity index (χ4v) is 0. The van der Waals surface area contributed by atoms with Gasteiger partial charge in [0.15, 0.2) is 0 Å². The van der Waals surface area contributed by atoms with Gasteiger partial charge in [-0.3, -0.25) is 4.79 Å². The zero-order valence-corrected chi connectivity index (χ0v) is 7.02. The van der Waals surface area contributed by atoms with E-state index in [9.17, 15) is 4.79 Å². The van der Waals surface area contributed by atoms with Crippen LogP contribution in [0.15, 0.2) is 0 Å². The van der Waals surface area contributed by atoms with Crippen LogP contribution in [0.25, 0.3) is 0 Å². The second-order valence-corrected chi connectivity index (χ2v) is 3.03. The van der Waals surface area contributed by atoms with Gasteiger partial charge in [-0.2, -0.15) is 0 Å². The number of carboxylic acid groups (broad SMARTS) is 1. The van der Waals surface area contributed by atoms with Gasteiger partial charge in [0, 0.05) is 0 Å². The average Bonchev–Trinajstić information content (AvgIpc) is 1.59. The predicted octanol–water partition coefficient (Wildman–Crippen LogP) is -0.202. The predicted molar refractivity (Wildman–Crippen MR) is 36.7 cm³/mol. The first-order chi connectivity index (χ1) is 4.64. The van der Waals surface area contributed by atoms with E-state index in [-0.39, 0.29) is 5.92 Å². The van der Waals surface area contributed by atoms with Crippen molar-refractivity contribution in [1.29, 1.82) is 0 Å². The first kappa shape index (κ1) is 13.2. The smallest absolute Gasteiger partial charge is 0.466 e. The van der Waals surface area contributed by atoms with E-state index in [0.29, 0.717) is 0 Å². The molecule has 68 valence electrons. The van der Waals surface area contributed by atoms with E-state index >= 15 is 0 Å². The van der Waals surface area contributed by atoms with Gasteiger partial charge in [-0.25, -0.2) is 4.57 Å². The highest BCUT2D eigenvalue weighted by Gasteiger charge is 2.00. The normalized spacial score (nSPS) is 10.4. The maximum atomic E-state index is 9.70. The van der Waals surface area contributed by atoms with E-state index in [0.717, 1.165) is 0 Å². The molecule has 0 heterocycles. The molecule has 11 heavy (non-hydrogen) atoms. The van der Waals surface area contributed by atoms with Crippen molar-refractivity contribution in [3.8, 4) is 0 Å². The van der Waals surface area contributed by atoms with Gasteiger partial charge in [-0.05, 0) is 0 Å². The summed E-state index contributed by atoms with van der Waals surface area (Å²) in [6.07, 6.45) is 0. The van der Waals surface area contributed by atoms with Gasteiger partial charge < -0.3 is 19.8 Å². The molecule has 0 amide bonds. The molecule has 0 saturated heterocycles. The van der Waals surface area contributed by atoms with Gasteiger partial charge in [0.2, 0.25) is 0 Å². The summed E-state index contributed by atoms with van der Waals surface area (Å²) in [7, 11) is -4.64. The van der Waals surface area contributed by atoms with Crippen LogP contribution >= 0.6 is 7.82 Å². The minimum absolute atomic E-state index is 0.231. The van der Waals surface area contributed by atoms with Crippen LogP contribution in [-0.4, -0.2) is 25.8 Å². The van der Waals surface area contributed by atoms with Crippen molar-refractivity contribution in [2.24, 2.45) is 5.92 Å². The van der Waals surface area contributed by atoms with Crippen molar-refractivity contribution < 1.29 is 29.1 Å². The van der Waals surface area contributed by atoms with Crippen LogP contribution in [0, 0.1) is 5.92 Å². The molecule has 0 unspecified atom stereocenters. The van der Waals surface area contributed by atoms with Crippen molar-refractivity contribution >= 4 is 13.8 Å². The molecule has 0 aromatic carbocycles. The summed E-state index contributed by atoms with van der Waals surface area (Å²) >= 11 is 0. The minimum atomic E-state index is -4.64. The molecule has 0 radical (unpaired) electrons. The fraction of sp³-hybridized carbons (Fsp3) is 0.750. The molecule has 0 saturated carbocycles. The zero-order chi connectivity index (χ0) is 9.65. The number of phosphoric acid groups is 1. The molecular formula is C4H11O6P. The Morgan fingerprint density at radius 3 is 1.36 bits per heavy atom. The monoisotopic (exact) mass is 186 g/mol. The SMILES string of the molecule is CC(C)C(=O)O.O=P(O)(O)O. The minimum Gasteiger partial charge on any atom is -0.481 e. The lowest BCUT2D eigenvalue weighted by atomic mass is 10.2. The molecule has 6 nitrogen and oxygen atoms in total. The maximum Gasteiger partial charge on any atom is 0.466 e. The van der Waals surface area contributed by atoms with Gasteiger partial charge in [0.25, 0.3) is 0 Å². The highest BCUT2D eigenvalue weighted by Crippen LogP contribution is 2.25. The standard InChI is InChI=1S/C4H8O2.H3O4P/c1-3(2)4(5)6;1-5(2,3)4/h3H,1-2H3,(H,5,6);(H3,1,2,3,4). The molecule has 0 bridgehead atoms. The van der Waals surface area contributed by atoms with E-state index in [4.69, 9.17) is 24.4 Å². The lowest BCUT2D eigenvalue weighted by Gasteiger charge is -1.89. The van der Waals surface area contributed by atoms with E-state index in [1.807, 2.05) is 0 Å². The number of hydrogen-bond donors (Lipinski definition) is 4. The van der Waals surface area contributed by atoms with E-state index in [1.54, 1.807) is 13.8 Å². The Kier molecular flexibility index (Phi) is 6.31. The van der Waals surface area contributed by atoms with E-state index < -0.39 is 13.8 Å². The summed E-state index contributed by atoms with van der Waals surface area (Å²) in [5.74, 6) is -0.972. The Morgan fingerprint density at radius 1 is 1.27 bits per heavy atom. The number of carboxylic acids is 1. The van der Waals surface area contributed by atoms with Gasteiger partial charge in [0.1, 0.15) is 0 Å². The Morgan fingerprint density at radius 2 is 1.36 bits per heavy atom. The molecule has 4 N–H and O–H groups in total. The van der Waals surface area contributed by atoms with Gasteiger partial charge >= 0.3 is 13.8 Å².